The van der Waals surface area contributed by atoms with Gasteiger partial charge in [0.2, 0.25) is 0 Å². The van der Waals surface area contributed by atoms with Crippen LogP contribution in [0.2, 0.25) is 18.1 Å². The van der Waals surface area contributed by atoms with Gasteiger partial charge in [-0.15, -0.1) is 0 Å². The third kappa shape index (κ3) is 4.57. The number of carbonyl (C=O) groups is 1. The van der Waals surface area contributed by atoms with Crippen LogP contribution in [0.5, 0.6) is 0 Å². The molecule has 26 heavy (non-hydrogen) atoms. The van der Waals surface area contributed by atoms with E-state index in [0.29, 0.717) is 17.4 Å². The number of nitrogens with two attached hydrogens (primary N) is 1. The van der Waals surface area contributed by atoms with Gasteiger partial charge in [-0.2, -0.15) is 0 Å². The topological polar surface area (TPSA) is 55.6 Å². The first-order valence-corrected chi connectivity index (χ1v) is 12.3. The number of allylic oxidation sites excluding steroid dienone is 1. The Kier molecular flexibility index (Phi) is 6.03. The highest BCUT2D eigenvalue weighted by Crippen LogP contribution is 2.39. The van der Waals surface area contributed by atoms with Crippen molar-refractivity contribution >= 4 is 25.5 Å². The molecule has 0 spiro atoms. The van der Waals surface area contributed by atoms with Crippen LogP contribution in [-0.4, -0.2) is 39.3 Å². The van der Waals surface area contributed by atoms with Gasteiger partial charge < -0.3 is 15.1 Å². The first-order valence-electron chi connectivity index (χ1n) is 9.41. The number of nitrogen functional groups attached to an aromatic ring is 1. The number of amides is 1. The number of hydrogen-bond donors (Lipinski definition) is 1. The highest BCUT2D eigenvalue weighted by molar-refractivity contribution is 6.74. The standard InChI is InChI=1S/C21H34N2O2Si/c1-21(2,3)26(6,7)25-17-11-8-15(9-12-17)16-10-13-19(22)18(14-16)20(24)23(4)5/h8,10,13-14,17H,9,11-12,22H2,1-7H3. The van der Waals surface area contributed by atoms with E-state index in [1.807, 2.05) is 18.2 Å². The first-order chi connectivity index (χ1) is 11.9. The van der Waals surface area contributed by atoms with Crippen molar-refractivity contribution in [2.24, 2.45) is 0 Å². The van der Waals surface area contributed by atoms with Crippen molar-refractivity contribution in [1.29, 1.82) is 0 Å². The summed E-state index contributed by atoms with van der Waals surface area (Å²) in [7, 11) is 1.76. The summed E-state index contributed by atoms with van der Waals surface area (Å²) in [4.78, 5) is 13.9. The van der Waals surface area contributed by atoms with Gasteiger partial charge in [0.05, 0.1) is 5.56 Å². The Morgan fingerprint density at radius 2 is 1.92 bits per heavy atom. The molecule has 5 heteroatoms. The van der Waals surface area contributed by atoms with Crippen LogP contribution in [-0.2, 0) is 4.43 Å². The van der Waals surface area contributed by atoms with Crippen LogP contribution in [0.25, 0.3) is 5.57 Å². The molecule has 1 unspecified atom stereocenters. The van der Waals surface area contributed by atoms with E-state index in [2.05, 4.69) is 39.9 Å². The minimum atomic E-state index is -1.73. The van der Waals surface area contributed by atoms with E-state index < -0.39 is 8.32 Å². The van der Waals surface area contributed by atoms with Crippen LogP contribution in [0, 0.1) is 0 Å². The summed E-state index contributed by atoms with van der Waals surface area (Å²) in [6.07, 6.45) is 5.51. The van der Waals surface area contributed by atoms with E-state index in [-0.39, 0.29) is 10.9 Å². The van der Waals surface area contributed by atoms with Crippen LogP contribution in [0.15, 0.2) is 24.3 Å². The summed E-state index contributed by atoms with van der Waals surface area (Å²) in [5.74, 6) is -0.0557. The van der Waals surface area contributed by atoms with Gasteiger partial charge in [0.1, 0.15) is 0 Å². The van der Waals surface area contributed by atoms with Crippen molar-refractivity contribution in [3.63, 3.8) is 0 Å². The Labute approximate surface area is 159 Å². The van der Waals surface area contributed by atoms with Gasteiger partial charge in [-0.3, -0.25) is 4.79 Å². The normalized spacial score (nSPS) is 18.4. The molecule has 144 valence electrons. The molecule has 2 rings (SSSR count). The predicted octanol–water partition coefficient (Wildman–Crippen LogP) is 4.93. The molecule has 1 atom stereocenters. The molecule has 0 bridgehead atoms. The monoisotopic (exact) mass is 374 g/mol. The molecule has 0 aromatic heterocycles. The maximum atomic E-state index is 12.3. The van der Waals surface area contributed by atoms with Gasteiger partial charge in [-0.25, -0.2) is 0 Å². The summed E-state index contributed by atoms with van der Waals surface area (Å²) in [6.45, 7) is 11.5. The molecule has 2 N–H and O–H groups in total. The van der Waals surface area contributed by atoms with Crippen molar-refractivity contribution in [1.82, 2.24) is 4.90 Å². The number of nitrogens with zero attached hydrogens (tertiary/aromatic N) is 1. The van der Waals surface area contributed by atoms with Gasteiger partial charge in [-0.05, 0) is 60.7 Å². The number of anilines is 1. The van der Waals surface area contributed by atoms with Crippen molar-refractivity contribution < 1.29 is 9.22 Å². The first kappa shape index (κ1) is 20.7. The summed E-state index contributed by atoms with van der Waals surface area (Å²) < 4.78 is 6.55. The summed E-state index contributed by atoms with van der Waals surface area (Å²) in [5, 5.41) is 0.232. The molecule has 1 aliphatic rings. The maximum absolute atomic E-state index is 12.3. The number of carbonyl (C=O) groups excluding carboxylic acids is 1. The molecule has 1 aromatic carbocycles. The lowest BCUT2D eigenvalue weighted by Crippen LogP contribution is -2.44. The zero-order valence-corrected chi connectivity index (χ0v) is 18.3. The van der Waals surface area contributed by atoms with Gasteiger partial charge in [0, 0.05) is 25.9 Å². The van der Waals surface area contributed by atoms with Crippen LogP contribution < -0.4 is 5.73 Å². The zero-order valence-electron chi connectivity index (χ0n) is 17.3. The molecule has 0 saturated heterocycles. The smallest absolute Gasteiger partial charge is 0.255 e. The molecular weight excluding hydrogens is 340 g/mol. The van der Waals surface area contributed by atoms with E-state index in [9.17, 15) is 4.79 Å². The molecule has 0 heterocycles. The molecule has 4 nitrogen and oxygen atoms in total. The van der Waals surface area contributed by atoms with E-state index in [1.165, 1.54) is 5.57 Å². The largest absolute Gasteiger partial charge is 0.414 e. The van der Waals surface area contributed by atoms with E-state index in [0.717, 1.165) is 24.8 Å². The Morgan fingerprint density at radius 3 is 2.42 bits per heavy atom. The Hall–Kier alpha value is -1.59. The maximum Gasteiger partial charge on any atom is 0.255 e. The highest BCUT2D eigenvalue weighted by Gasteiger charge is 2.39. The lowest BCUT2D eigenvalue weighted by atomic mass is 9.91. The van der Waals surface area contributed by atoms with Crippen LogP contribution >= 0.6 is 0 Å². The SMILES string of the molecule is CN(C)C(=O)c1cc(C2=CCC(O[Si](C)(C)C(C)(C)C)CC2)ccc1N. The van der Waals surface area contributed by atoms with Crippen LogP contribution in [0.3, 0.4) is 0 Å². The van der Waals surface area contributed by atoms with Crippen molar-refractivity contribution in [2.45, 2.75) is 64.3 Å². The molecular formula is C21H34N2O2Si. The fraction of sp³-hybridized carbons (Fsp3) is 0.571. The van der Waals surface area contributed by atoms with E-state index in [4.69, 9.17) is 10.2 Å². The second-order valence-electron chi connectivity index (χ2n) is 9.01. The third-order valence-corrected chi connectivity index (χ3v) is 10.2. The second-order valence-corrected chi connectivity index (χ2v) is 13.8. The Balaban J connectivity index is 2.15. The minimum absolute atomic E-state index is 0.0557. The average Bonchev–Trinajstić information content (AvgIpc) is 2.54. The van der Waals surface area contributed by atoms with Gasteiger partial charge >= 0.3 is 0 Å². The fourth-order valence-corrected chi connectivity index (χ4v) is 4.36. The number of rotatable bonds is 4. The van der Waals surface area contributed by atoms with E-state index in [1.54, 1.807) is 19.0 Å². The van der Waals surface area contributed by atoms with Gasteiger partial charge in [0.15, 0.2) is 8.32 Å². The molecule has 1 aliphatic carbocycles. The average molecular weight is 375 g/mol. The lowest BCUT2D eigenvalue weighted by Gasteiger charge is -2.40. The Morgan fingerprint density at radius 1 is 1.27 bits per heavy atom. The minimum Gasteiger partial charge on any atom is -0.414 e. The molecule has 0 aliphatic heterocycles. The number of hydrogen-bond acceptors (Lipinski definition) is 3. The molecule has 0 radical (unpaired) electrons. The van der Waals surface area contributed by atoms with Crippen molar-refractivity contribution in [3.8, 4) is 0 Å². The molecule has 1 aromatic rings. The third-order valence-electron chi connectivity index (χ3n) is 5.69. The second kappa shape index (κ2) is 7.57. The summed E-state index contributed by atoms with van der Waals surface area (Å²) in [6, 6.07) is 5.78. The van der Waals surface area contributed by atoms with Gasteiger partial charge in [0.25, 0.3) is 5.91 Å². The predicted molar refractivity (Wildman–Crippen MR) is 113 cm³/mol. The fourth-order valence-electron chi connectivity index (χ4n) is 2.95. The quantitative estimate of drug-likeness (QED) is 0.600. The number of benzene rings is 1. The Bertz CT molecular complexity index is 702. The van der Waals surface area contributed by atoms with Crippen LogP contribution in [0.4, 0.5) is 5.69 Å². The van der Waals surface area contributed by atoms with Crippen molar-refractivity contribution in [2.75, 3.05) is 19.8 Å². The van der Waals surface area contributed by atoms with E-state index >= 15 is 0 Å². The molecule has 0 fully saturated rings. The highest BCUT2D eigenvalue weighted by atomic mass is 28.4. The summed E-state index contributed by atoms with van der Waals surface area (Å²) in [5.41, 5.74) is 9.49. The van der Waals surface area contributed by atoms with Gasteiger partial charge in [-0.1, -0.05) is 32.9 Å². The van der Waals surface area contributed by atoms with Crippen LogP contribution in [0.1, 0.15) is 56.0 Å². The molecule has 0 saturated carbocycles. The lowest BCUT2D eigenvalue weighted by molar-refractivity contribution is 0.0828. The van der Waals surface area contributed by atoms with Crippen molar-refractivity contribution in [3.05, 3.63) is 35.4 Å². The summed E-state index contributed by atoms with van der Waals surface area (Å²) >= 11 is 0. The molecule has 1 amide bonds. The zero-order chi connectivity index (χ0) is 19.7.